The van der Waals surface area contributed by atoms with Crippen molar-refractivity contribution in [1.82, 2.24) is 0 Å². The third kappa shape index (κ3) is 6.61. The van der Waals surface area contributed by atoms with Gasteiger partial charge < -0.3 is 9.84 Å². The third-order valence-electron chi connectivity index (χ3n) is 3.35. The molecule has 0 fully saturated rings. The van der Waals surface area contributed by atoms with Crippen LogP contribution in [0.3, 0.4) is 0 Å². The first-order valence-electron chi connectivity index (χ1n) is 7.25. The van der Waals surface area contributed by atoms with Gasteiger partial charge in [0.05, 0.1) is 6.61 Å². The Kier molecular flexibility index (Phi) is 7.20. The van der Waals surface area contributed by atoms with Crippen molar-refractivity contribution in [3.8, 4) is 11.5 Å². The normalized spacial score (nSPS) is 12.2. The predicted molar refractivity (Wildman–Crippen MR) is 87.8 cm³/mol. The highest BCUT2D eigenvalue weighted by molar-refractivity contribution is 6.96. The van der Waals surface area contributed by atoms with Crippen molar-refractivity contribution in [3.63, 3.8) is 0 Å². The summed E-state index contributed by atoms with van der Waals surface area (Å²) in [4.78, 5) is 10.8. The van der Waals surface area contributed by atoms with Crippen molar-refractivity contribution in [2.24, 2.45) is 5.92 Å². The van der Waals surface area contributed by atoms with Crippen LogP contribution in [-0.4, -0.2) is 32.4 Å². The van der Waals surface area contributed by atoms with E-state index in [-0.39, 0.29) is 25.1 Å². The molecule has 4 heteroatoms. The molecule has 0 heterocycles. The zero-order valence-electron chi connectivity index (χ0n) is 13.1. The Morgan fingerprint density at radius 3 is 2.57 bits per heavy atom. The number of benzene rings is 1. The van der Waals surface area contributed by atoms with Gasteiger partial charge >= 0.3 is 5.97 Å². The van der Waals surface area contributed by atoms with E-state index in [1.165, 1.54) is 12.1 Å². The molecule has 114 valence electrons. The first kappa shape index (κ1) is 17.5. The van der Waals surface area contributed by atoms with E-state index in [1.54, 1.807) is 0 Å². The Morgan fingerprint density at radius 1 is 1.33 bits per heavy atom. The first-order valence-corrected chi connectivity index (χ1v) is 10.3. The maximum Gasteiger partial charge on any atom is 0.302 e. The van der Waals surface area contributed by atoms with E-state index in [1.807, 2.05) is 18.2 Å². The van der Waals surface area contributed by atoms with Crippen LogP contribution in [0.15, 0.2) is 30.3 Å². The highest BCUT2D eigenvalue weighted by Crippen LogP contribution is 2.07. The maximum absolute atomic E-state index is 10.8. The topological polar surface area (TPSA) is 46.5 Å². The van der Waals surface area contributed by atoms with Gasteiger partial charge in [0, 0.05) is 25.9 Å². The molecule has 1 atom stereocenters. The molecule has 3 nitrogen and oxygen atoms in total. The lowest BCUT2D eigenvalue weighted by Gasteiger charge is -2.15. The summed E-state index contributed by atoms with van der Waals surface area (Å²) in [6, 6.07) is 10.4. The molecule has 0 spiro atoms. The van der Waals surface area contributed by atoms with E-state index in [4.69, 9.17) is 4.74 Å². The van der Waals surface area contributed by atoms with E-state index < -0.39 is 8.07 Å². The van der Waals surface area contributed by atoms with Crippen molar-refractivity contribution in [2.45, 2.75) is 32.9 Å². The number of aliphatic hydroxyl groups is 1. The second kappa shape index (κ2) is 8.66. The van der Waals surface area contributed by atoms with Crippen LogP contribution in [0.25, 0.3) is 0 Å². The average molecular weight is 304 g/mol. The number of hydrogen-bond acceptors (Lipinski definition) is 3. The summed E-state index contributed by atoms with van der Waals surface area (Å²) in [5.74, 6) is 2.91. The van der Waals surface area contributed by atoms with Crippen LogP contribution in [0, 0.1) is 17.4 Å². The van der Waals surface area contributed by atoms with Crippen LogP contribution < -0.4 is 5.19 Å². The Morgan fingerprint density at radius 2 is 2.00 bits per heavy atom. The smallest absolute Gasteiger partial charge is 0.302 e. The molecule has 0 aromatic heterocycles. The van der Waals surface area contributed by atoms with Crippen molar-refractivity contribution in [2.75, 3.05) is 13.2 Å². The quantitative estimate of drug-likeness (QED) is 0.497. The average Bonchev–Trinajstić information content (AvgIpc) is 2.47. The molecule has 0 aliphatic heterocycles. The van der Waals surface area contributed by atoms with Gasteiger partial charge in [-0.05, 0) is 11.6 Å². The monoisotopic (exact) mass is 304 g/mol. The second-order valence-electron chi connectivity index (χ2n) is 5.68. The van der Waals surface area contributed by atoms with Gasteiger partial charge in [-0.1, -0.05) is 43.4 Å². The minimum absolute atomic E-state index is 0.0223. The highest BCUT2D eigenvalue weighted by Gasteiger charge is 2.20. The minimum Gasteiger partial charge on any atom is -0.465 e. The zero-order chi connectivity index (χ0) is 15.7. The standard InChI is InChI=1S/C17H24O3Si/c1-15(19)20-14-16(13-18)9-7-8-12-21(2,3)17-10-5-4-6-11-17/h4-6,10-11,16,18H,7,9,13-14H2,1-3H3/t16-/m1/s1. The zero-order valence-corrected chi connectivity index (χ0v) is 14.1. The molecule has 0 radical (unpaired) electrons. The number of esters is 1. The second-order valence-corrected chi connectivity index (χ2v) is 9.76. The number of carbonyl (C=O) groups excluding carboxylic acids is 1. The summed E-state index contributed by atoms with van der Waals surface area (Å²) >= 11 is 0. The number of rotatable bonds is 6. The molecule has 1 rings (SSSR count). The van der Waals surface area contributed by atoms with Crippen LogP contribution in [0.5, 0.6) is 0 Å². The van der Waals surface area contributed by atoms with Gasteiger partial charge in [-0.25, -0.2) is 0 Å². The maximum atomic E-state index is 10.8. The van der Waals surface area contributed by atoms with Crippen LogP contribution in [-0.2, 0) is 9.53 Å². The molecule has 0 amide bonds. The summed E-state index contributed by atoms with van der Waals surface area (Å²) in [6.45, 7) is 6.14. The molecular weight excluding hydrogens is 280 g/mol. The van der Waals surface area contributed by atoms with Crippen molar-refractivity contribution >= 4 is 19.2 Å². The molecule has 0 saturated heterocycles. The van der Waals surface area contributed by atoms with Gasteiger partial charge in [0.2, 0.25) is 0 Å². The largest absolute Gasteiger partial charge is 0.465 e. The molecule has 0 aliphatic rings. The lowest BCUT2D eigenvalue weighted by atomic mass is 10.1. The first-order chi connectivity index (χ1) is 9.95. The van der Waals surface area contributed by atoms with Gasteiger partial charge in [0.1, 0.15) is 0 Å². The van der Waals surface area contributed by atoms with E-state index in [0.29, 0.717) is 0 Å². The Labute approximate surface area is 128 Å². The van der Waals surface area contributed by atoms with E-state index in [9.17, 15) is 9.90 Å². The highest BCUT2D eigenvalue weighted by atomic mass is 28.3. The molecule has 1 aromatic rings. The van der Waals surface area contributed by atoms with E-state index in [0.717, 1.165) is 12.8 Å². The van der Waals surface area contributed by atoms with Gasteiger partial charge in [-0.3, -0.25) is 4.79 Å². The summed E-state index contributed by atoms with van der Waals surface area (Å²) in [7, 11) is -1.71. The molecule has 1 N–H and O–H groups in total. The van der Waals surface area contributed by atoms with E-state index >= 15 is 0 Å². The molecule has 0 saturated carbocycles. The molecule has 0 bridgehead atoms. The fourth-order valence-corrected chi connectivity index (χ4v) is 3.69. The fourth-order valence-electron chi connectivity index (χ4n) is 1.95. The summed E-state index contributed by atoms with van der Waals surface area (Å²) in [5.41, 5.74) is 3.42. The van der Waals surface area contributed by atoms with Crippen molar-refractivity contribution in [1.29, 1.82) is 0 Å². The number of carbonyl (C=O) groups is 1. The van der Waals surface area contributed by atoms with Crippen LogP contribution >= 0.6 is 0 Å². The fraction of sp³-hybridized carbons (Fsp3) is 0.471. The van der Waals surface area contributed by atoms with Crippen molar-refractivity contribution < 1.29 is 14.6 Å². The SMILES string of the molecule is CC(=O)OC[C@@H](CO)CCC#C[Si](C)(C)c1ccccc1. The lowest BCUT2D eigenvalue weighted by Crippen LogP contribution is -2.39. The third-order valence-corrected chi connectivity index (χ3v) is 5.93. The summed E-state index contributed by atoms with van der Waals surface area (Å²) < 4.78 is 4.92. The molecular formula is C17H24O3Si. The number of aliphatic hydroxyl groups excluding tert-OH is 1. The Hall–Kier alpha value is -1.57. The molecule has 0 unspecified atom stereocenters. The molecule has 21 heavy (non-hydrogen) atoms. The summed E-state index contributed by atoms with van der Waals surface area (Å²) in [5, 5.41) is 10.6. The van der Waals surface area contributed by atoms with Gasteiger partial charge in [0.15, 0.2) is 8.07 Å². The Bertz CT molecular complexity index is 500. The van der Waals surface area contributed by atoms with Gasteiger partial charge in [-0.2, -0.15) is 0 Å². The number of hydrogen-bond donors (Lipinski definition) is 1. The van der Waals surface area contributed by atoms with Crippen molar-refractivity contribution in [3.05, 3.63) is 30.3 Å². The lowest BCUT2D eigenvalue weighted by molar-refractivity contribution is -0.142. The van der Waals surface area contributed by atoms with Crippen LogP contribution in [0.2, 0.25) is 13.1 Å². The molecule has 0 aliphatic carbocycles. The van der Waals surface area contributed by atoms with Gasteiger partial charge in [0.25, 0.3) is 0 Å². The Balaban J connectivity index is 2.49. The summed E-state index contributed by atoms with van der Waals surface area (Å²) in [6.07, 6.45) is 1.46. The van der Waals surface area contributed by atoms with Crippen LogP contribution in [0.4, 0.5) is 0 Å². The van der Waals surface area contributed by atoms with Crippen LogP contribution in [0.1, 0.15) is 19.8 Å². The molecule has 1 aromatic carbocycles. The van der Waals surface area contributed by atoms with E-state index in [2.05, 4.69) is 36.7 Å². The van der Waals surface area contributed by atoms with Gasteiger partial charge in [-0.15, -0.1) is 11.5 Å². The number of ether oxygens (including phenoxy) is 1. The predicted octanol–water partition coefficient (Wildman–Crippen LogP) is 2.10. The minimum atomic E-state index is -1.71.